The first-order valence-corrected chi connectivity index (χ1v) is 21.1. The Kier molecular flexibility index (Phi) is 9.78. The van der Waals surface area contributed by atoms with E-state index < -0.39 is 0 Å². The fraction of sp³-hybridized carbons (Fsp3) is 0.0690. The molecular weight excluding hydrogens is 739 g/mol. The smallest absolute Gasteiger partial charge is 0.0541 e. The Morgan fingerprint density at radius 1 is 0.279 bits per heavy atom. The zero-order chi connectivity index (χ0) is 41.5. The van der Waals surface area contributed by atoms with Gasteiger partial charge in [-0.05, 0) is 153 Å². The molecular formula is C58H47N3. The number of benzene rings is 9. The van der Waals surface area contributed by atoms with E-state index in [2.05, 4.69) is 254 Å². The molecule has 1 aromatic heterocycles. The van der Waals surface area contributed by atoms with Crippen LogP contribution in [0, 0.1) is 27.7 Å². The van der Waals surface area contributed by atoms with Crippen LogP contribution in [0.15, 0.2) is 212 Å². The van der Waals surface area contributed by atoms with Gasteiger partial charge in [-0.3, -0.25) is 0 Å². The zero-order valence-corrected chi connectivity index (χ0v) is 35.0. The fourth-order valence-corrected chi connectivity index (χ4v) is 8.59. The van der Waals surface area contributed by atoms with Crippen molar-refractivity contribution >= 4 is 55.9 Å². The summed E-state index contributed by atoms with van der Waals surface area (Å²) >= 11 is 0. The summed E-state index contributed by atoms with van der Waals surface area (Å²) < 4.78 is 2.43. The molecule has 0 atom stereocenters. The summed E-state index contributed by atoms with van der Waals surface area (Å²) in [5.41, 5.74) is 19.7. The van der Waals surface area contributed by atoms with Crippen LogP contribution >= 0.6 is 0 Å². The van der Waals surface area contributed by atoms with Crippen LogP contribution in [0.1, 0.15) is 22.3 Å². The largest absolute Gasteiger partial charge is 0.310 e. The van der Waals surface area contributed by atoms with Crippen molar-refractivity contribution in [2.75, 3.05) is 9.80 Å². The van der Waals surface area contributed by atoms with Gasteiger partial charge in [0.25, 0.3) is 0 Å². The molecule has 0 aliphatic carbocycles. The van der Waals surface area contributed by atoms with Gasteiger partial charge < -0.3 is 14.4 Å². The molecule has 294 valence electrons. The summed E-state index contributed by atoms with van der Waals surface area (Å²) in [6, 6.07) is 77.8. The number of aryl methyl sites for hydroxylation is 4. The molecule has 3 nitrogen and oxygen atoms in total. The van der Waals surface area contributed by atoms with Crippen molar-refractivity contribution in [2.24, 2.45) is 0 Å². The second-order valence-electron chi connectivity index (χ2n) is 16.3. The molecule has 0 saturated carbocycles. The zero-order valence-electron chi connectivity index (χ0n) is 35.0. The lowest BCUT2D eigenvalue weighted by atomic mass is 9.96. The van der Waals surface area contributed by atoms with E-state index in [1.807, 2.05) is 0 Å². The minimum atomic E-state index is 1.10. The Hall–Kier alpha value is -7.62. The summed E-state index contributed by atoms with van der Waals surface area (Å²) in [6.07, 6.45) is 0. The highest BCUT2D eigenvalue weighted by atomic mass is 15.1. The number of fused-ring (bicyclic) bond motifs is 3. The Bertz CT molecular complexity index is 2850. The van der Waals surface area contributed by atoms with E-state index >= 15 is 0 Å². The highest BCUT2D eigenvalue weighted by Crippen LogP contribution is 2.41. The topological polar surface area (TPSA) is 11.4 Å². The lowest BCUT2D eigenvalue weighted by Gasteiger charge is -2.26. The molecule has 3 heteroatoms. The molecule has 10 rings (SSSR count). The molecule has 0 fully saturated rings. The first-order chi connectivity index (χ1) is 29.9. The number of para-hydroxylation sites is 2. The van der Waals surface area contributed by atoms with Gasteiger partial charge >= 0.3 is 0 Å². The summed E-state index contributed by atoms with van der Waals surface area (Å²) in [5, 5.41) is 2.49. The highest BCUT2D eigenvalue weighted by Gasteiger charge is 2.18. The first-order valence-electron chi connectivity index (χ1n) is 21.1. The average Bonchev–Trinajstić information content (AvgIpc) is 3.64. The van der Waals surface area contributed by atoms with Gasteiger partial charge in [0.15, 0.2) is 0 Å². The predicted molar refractivity (Wildman–Crippen MR) is 260 cm³/mol. The van der Waals surface area contributed by atoms with Crippen molar-refractivity contribution < 1.29 is 0 Å². The van der Waals surface area contributed by atoms with Gasteiger partial charge in [0, 0.05) is 50.6 Å². The van der Waals surface area contributed by atoms with Crippen LogP contribution in [0.25, 0.3) is 49.7 Å². The molecule has 1 heterocycles. The van der Waals surface area contributed by atoms with Gasteiger partial charge in [0.1, 0.15) is 0 Å². The molecule has 61 heavy (non-hydrogen) atoms. The SMILES string of the molecule is Cc1ccc(N(c2ccc(C)cc2)c2cccc(-c3cc(-c4cccc(N(c5ccc(C)cc5)c5ccc(C)cc5)c4)cc(-n4c5ccccc5c5ccccc54)c3)c2)cc1. The molecule has 0 saturated heterocycles. The van der Waals surface area contributed by atoms with E-state index in [4.69, 9.17) is 0 Å². The maximum atomic E-state index is 2.43. The third-order valence-electron chi connectivity index (χ3n) is 11.8. The normalized spacial score (nSPS) is 11.3. The number of hydrogen-bond acceptors (Lipinski definition) is 2. The van der Waals surface area contributed by atoms with E-state index in [-0.39, 0.29) is 0 Å². The van der Waals surface area contributed by atoms with Gasteiger partial charge in [-0.25, -0.2) is 0 Å². The van der Waals surface area contributed by atoms with Crippen LogP contribution in [-0.4, -0.2) is 4.57 Å². The highest BCUT2D eigenvalue weighted by molar-refractivity contribution is 6.09. The van der Waals surface area contributed by atoms with E-state index in [0.29, 0.717) is 0 Å². The summed E-state index contributed by atoms with van der Waals surface area (Å²) in [7, 11) is 0. The molecule has 10 aromatic rings. The maximum Gasteiger partial charge on any atom is 0.0541 e. The molecule has 0 unspecified atom stereocenters. The molecule has 9 aromatic carbocycles. The Morgan fingerprint density at radius 3 is 0.984 bits per heavy atom. The van der Waals surface area contributed by atoms with Crippen LogP contribution in [0.4, 0.5) is 34.1 Å². The first kappa shape index (κ1) is 37.6. The molecule has 0 bridgehead atoms. The van der Waals surface area contributed by atoms with Gasteiger partial charge in [-0.1, -0.05) is 131 Å². The minimum Gasteiger partial charge on any atom is -0.310 e. The van der Waals surface area contributed by atoms with Crippen molar-refractivity contribution in [1.82, 2.24) is 4.57 Å². The Labute approximate surface area is 359 Å². The fourth-order valence-electron chi connectivity index (χ4n) is 8.59. The van der Waals surface area contributed by atoms with Crippen molar-refractivity contribution in [1.29, 1.82) is 0 Å². The van der Waals surface area contributed by atoms with Crippen LogP contribution in [0.3, 0.4) is 0 Å². The molecule has 0 radical (unpaired) electrons. The number of hydrogen-bond donors (Lipinski definition) is 0. The second kappa shape index (κ2) is 15.9. The van der Waals surface area contributed by atoms with E-state index in [1.165, 1.54) is 44.1 Å². The minimum absolute atomic E-state index is 1.10. The van der Waals surface area contributed by atoms with Crippen molar-refractivity contribution in [3.8, 4) is 27.9 Å². The summed E-state index contributed by atoms with van der Waals surface area (Å²) in [6.45, 7) is 8.56. The van der Waals surface area contributed by atoms with Gasteiger partial charge in [0.05, 0.1) is 11.0 Å². The molecule has 0 aliphatic rings. The molecule has 0 N–H and O–H groups in total. The number of aromatic nitrogens is 1. The van der Waals surface area contributed by atoms with Gasteiger partial charge in [-0.15, -0.1) is 0 Å². The third-order valence-corrected chi connectivity index (χ3v) is 11.8. The van der Waals surface area contributed by atoms with Crippen LogP contribution in [0.5, 0.6) is 0 Å². The van der Waals surface area contributed by atoms with E-state index in [9.17, 15) is 0 Å². The van der Waals surface area contributed by atoms with E-state index in [0.717, 1.165) is 62.1 Å². The van der Waals surface area contributed by atoms with Crippen LogP contribution in [0.2, 0.25) is 0 Å². The van der Waals surface area contributed by atoms with Crippen molar-refractivity contribution in [3.63, 3.8) is 0 Å². The average molecular weight is 786 g/mol. The summed E-state index contributed by atoms with van der Waals surface area (Å²) in [4.78, 5) is 4.71. The Morgan fingerprint density at radius 2 is 0.623 bits per heavy atom. The second-order valence-corrected chi connectivity index (χ2v) is 16.3. The lowest BCUT2D eigenvalue weighted by molar-refractivity contribution is 1.18. The van der Waals surface area contributed by atoms with Crippen molar-refractivity contribution in [2.45, 2.75) is 27.7 Å². The summed E-state index contributed by atoms with van der Waals surface area (Å²) in [5.74, 6) is 0. The number of anilines is 6. The maximum absolute atomic E-state index is 2.43. The molecule has 0 amide bonds. The van der Waals surface area contributed by atoms with Crippen molar-refractivity contribution in [3.05, 3.63) is 235 Å². The standard InChI is InChI=1S/C58H47N3/c1-40-19-27-48(28-20-40)59(49-29-21-41(2)22-30-49)52-13-9-11-44(36-52)46-35-47(39-54(38-46)61-57-17-7-5-15-55(57)56-16-6-8-18-58(56)61)45-12-10-14-53(37-45)60(50-31-23-42(3)24-32-50)51-33-25-43(4)26-34-51/h5-39H,1-4H3. The Balaban J connectivity index is 1.17. The number of rotatable bonds is 9. The van der Waals surface area contributed by atoms with Crippen LogP contribution in [-0.2, 0) is 0 Å². The molecule has 0 spiro atoms. The molecule has 0 aliphatic heterocycles. The lowest BCUT2D eigenvalue weighted by Crippen LogP contribution is -2.10. The van der Waals surface area contributed by atoms with Crippen LogP contribution < -0.4 is 9.80 Å². The van der Waals surface area contributed by atoms with Gasteiger partial charge in [0.2, 0.25) is 0 Å². The third kappa shape index (κ3) is 7.36. The predicted octanol–water partition coefficient (Wildman–Crippen LogP) is 16.3. The number of nitrogens with zero attached hydrogens (tertiary/aromatic N) is 3. The van der Waals surface area contributed by atoms with E-state index in [1.54, 1.807) is 0 Å². The monoisotopic (exact) mass is 785 g/mol. The van der Waals surface area contributed by atoms with Gasteiger partial charge in [-0.2, -0.15) is 0 Å². The quantitative estimate of drug-likeness (QED) is 0.144.